The second-order valence-electron chi connectivity index (χ2n) is 2.72. The van der Waals surface area contributed by atoms with E-state index in [-0.39, 0.29) is 5.91 Å². The van der Waals surface area contributed by atoms with Crippen LogP contribution in [-0.4, -0.2) is 22.5 Å². The molecule has 2 heterocycles. The van der Waals surface area contributed by atoms with Gasteiger partial charge in [-0.05, 0) is 13.0 Å². The number of hydroxylamine groups is 1. The molecule has 0 radical (unpaired) electrons. The van der Waals surface area contributed by atoms with E-state index in [2.05, 4.69) is 15.4 Å². The molecule has 0 bridgehead atoms. The predicted octanol–water partition coefficient (Wildman–Crippen LogP) is 1.37. The van der Waals surface area contributed by atoms with Gasteiger partial charge in [0.1, 0.15) is 10.3 Å². The minimum Gasteiger partial charge on any atom is -0.274 e. The van der Waals surface area contributed by atoms with Crippen molar-refractivity contribution in [3.63, 3.8) is 0 Å². The van der Waals surface area contributed by atoms with Crippen molar-refractivity contribution in [3.8, 4) is 0 Å². The summed E-state index contributed by atoms with van der Waals surface area (Å²) in [5.41, 5.74) is 3.05. The minimum atomic E-state index is -0.262. The Balaban J connectivity index is 2.25. The highest BCUT2D eigenvalue weighted by Gasteiger charge is 2.10. The number of nitrogens with one attached hydrogen (secondary N) is 1. The first-order valence-electron chi connectivity index (χ1n) is 4.44. The standard InChI is InChI=1S/C9H9N3O2S/c1-2-14-12-8(13)7-5-6-9(15-7)11-4-3-10-6/h3-5H,2H2,1H3,(H,12,13). The van der Waals surface area contributed by atoms with E-state index in [1.54, 1.807) is 25.4 Å². The summed E-state index contributed by atoms with van der Waals surface area (Å²) < 4.78 is 0. The summed E-state index contributed by atoms with van der Waals surface area (Å²) in [4.78, 5) is 25.8. The zero-order chi connectivity index (χ0) is 10.7. The SMILES string of the molecule is CCONC(=O)c1cc2nccnc2s1. The summed E-state index contributed by atoms with van der Waals surface area (Å²) in [6, 6.07) is 1.70. The second kappa shape index (κ2) is 4.33. The Morgan fingerprint density at radius 3 is 3.07 bits per heavy atom. The Hall–Kier alpha value is -1.53. The highest BCUT2D eigenvalue weighted by molar-refractivity contribution is 7.20. The van der Waals surface area contributed by atoms with Gasteiger partial charge < -0.3 is 0 Å². The highest BCUT2D eigenvalue weighted by Crippen LogP contribution is 2.21. The van der Waals surface area contributed by atoms with Gasteiger partial charge in [-0.1, -0.05) is 0 Å². The first kappa shape index (κ1) is 10.0. The smallest absolute Gasteiger partial charge is 0.274 e. The van der Waals surface area contributed by atoms with Crippen LogP contribution in [0.3, 0.4) is 0 Å². The van der Waals surface area contributed by atoms with Crippen molar-refractivity contribution in [3.05, 3.63) is 23.3 Å². The largest absolute Gasteiger partial charge is 0.285 e. The average molecular weight is 223 g/mol. The van der Waals surface area contributed by atoms with Crippen LogP contribution in [0, 0.1) is 0 Å². The number of rotatable bonds is 3. The normalized spacial score (nSPS) is 10.5. The van der Waals surface area contributed by atoms with E-state index in [9.17, 15) is 4.79 Å². The molecule has 2 aromatic heterocycles. The van der Waals surface area contributed by atoms with Gasteiger partial charge in [0.25, 0.3) is 5.91 Å². The first-order valence-corrected chi connectivity index (χ1v) is 5.25. The molecule has 0 aliphatic carbocycles. The van der Waals surface area contributed by atoms with Crippen LogP contribution >= 0.6 is 11.3 Å². The third-order valence-electron chi connectivity index (χ3n) is 1.70. The van der Waals surface area contributed by atoms with Gasteiger partial charge >= 0.3 is 0 Å². The maximum absolute atomic E-state index is 11.5. The molecular formula is C9H9N3O2S. The Labute approximate surface area is 90.1 Å². The van der Waals surface area contributed by atoms with Gasteiger partial charge in [0.05, 0.1) is 11.5 Å². The Bertz CT molecular complexity index is 450. The number of amides is 1. The molecule has 0 fully saturated rings. The molecule has 0 atom stereocenters. The van der Waals surface area contributed by atoms with Crippen molar-refractivity contribution in [2.75, 3.05) is 6.61 Å². The molecule has 0 aliphatic heterocycles. The Kier molecular flexibility index (Phi) is 2.89. The van der Waals surface area contributed by atoms with Crippen LogP contribution in [-0.2, 0) is 4.84 Å². The van der Waals surface area contributed by atoms with Crippen LogP contribution in [0.2, 0.25) is 0 Å². The molecule has 0 spiro atoms. The van der Waals surface area contributed by atoms with Gasteiger partial charge in [0, 0.05) is 12.4 Å². The monoisotopic (exact) mass is 223 g/mol. The second-order valence-corrected chi connectivity index (χ2v) is 3.75. The van der Waals surface area contributed by atoms with E-state index in [0.29, 0.717) is 11.5 Å². The van der Waals surface area contributed by atoms with Gasteiger partial charge in [0.15, 0.2) is 0 Å². The van der Waals surface area contributed by atoms with Gasteiger partial charge in [-0.25, -0.2) is 10.5 Å². The van der Waals surface area contributed by atoms with Crippen molar-refractivity contribution in [1.82, 2.24) is 15.4 Å². The van der Waals surface area contributed by atoms with Crippen LogP contribution in [0.1, 0.15) is 16.6 Å². The van der Waals surface area contributed by atoms with Crippen molar-refractivity contribution in [2.45, 2.75) is 6.92 Å². The molecule has 5 nitrogen and oxygen atoms in total. The number of carbonyl (C=O) groups is 1. The molecule has 1 N–H and O–H groups in total. The molecule has 6 heteroatoms. The number of hydrogen-bond acceptors (Lipinski definition) is 5. The summed E-state index contributed by atoms with van der Waals surface area (Å²) in [7, 11) is 0. The molecule has 15 heavy (non-hydrogen) atoms. The lowest BCUT2D eigenvalue weighted by Gasteiger charge is -1.99. The third-order valence-corrected chi connectivity index (χ3v) is 2.73. The van der Waals surface area contributed by atoms with Crippen LogP contribution in [0.15, 0.2) is 18.5 Å². The number of carbonyl (C=O) groups excluding carboxylic acids is 1. The molecule has 2 rings (SSSR count). The minimum absolute atomic E-state index is 0.262. The maximum Gasteiger partial charge on any atom is 0.285 e. The van der Waals surface area contributed by atoms with E-state index >= 15 is 0 Å². The summed E-state index contributed by atoms with van der Waals surface area (Å²) in [6.07, 6.45) is 3.20. The van der Waals surface area contributed by atoms with Crippen molar-refractivity contribution in [1.29, 1.82) is 0 Å². The fourth-order valence-electron chi connectivity index (χ4n) is 1.07. The summed E-state index contributed by atoms with van der Waals surface area (Å²) in [6.45, 7) is 2.24. The van der Waals surface area contributed by atoms with Gasteiger partial charge in [-0.3, -0.25) is 14.6 Å². The third kappa shape index (κ3) is 2.11. The zero-order valence-electron chi connectivity index (χ0n) is 8.06. The molecule has 78 valence electrons. The zero-order valence-corrected chi connectivity index (χ0v) is 8.87. The fraction of sp³-hybridized carbons (Fsp3) is 0.222. The van der Waals surface area contributed by atoms with Gasteiger partial charge in [-0.2, -0.15) is 0 Å². The van der Waals surface area contributed by atoms with Crippen LogP contribution in [0.5, 0.6) is 0 Å². The topological polar surface area (TPSA) is 64.1 Å². The first-order chi connectivity index (χ1) is 7.31. The molecule has 0 aliphatic rings. The molecular weight excluding hydrogens is 214 g/mol. The molecule has 0 saturated heterocycles. The molecule has 0 saturated carbocycles. The Morgan fingerprint density at radius 1 is 1.53 bits per heavy atom. The van der Waals surface area contributed by atoms with E-state index in [1.165, 1.54) is 11.3 Å². The number of aromatic nitrogens is 2. The van der Waals surface area contributed by atoms with E-state index in [0.717, 1.165) is 10.3 Å². The van der Waals surface area contributed by atoms with Crippen molar-refractivity contribution < 1.29 is 9.63 Å². The van der Waals surface area contributed by atoms with Crippen molar-refractivity contribution >= 4 is 27.6 Å². The Morgan fingerprint density at radius 2 is 2.33 bits per heavy atom. The maximum atomic E-state index is 11.5. The lowest BCUT2D eigenvalue weighted by atomic mass is 10.4. The number of hydrogen-bond donors (Lipinski definition) is 1. The predicted molar refractivity (Wildman–Crippen MR) is 56.5 cm³/mol. The summed E-state index contributed by atoms with van der Waals surface area (Å²) >= 11 is 1.29. The van der Waals surface area contributed by atoms with Crippen LogP contribution in [0.4, 0.5) is 0 Å². The number of fused-ring (bicyclic) bond motifs is 1. The van der Waals surface area contributed by atoms with Crippen LogP contribution in [0.25, 0.3) is 10.3 Å². The lowest BCUT2D eigenvalue weighted by Crippen LogP contribution is -2.22. The molecule has 0 unspecified atom stereocenters. The van der Waals surface area contributed by atoms with E-state index in [4.69, 9.17) is 4.84 Å². The van der Waals surface area contributed by atoms with Gasteiger partial charge in [0.2, 0.25) is 0 Å². The quantitative estimate of drug-likeness (QED) is 0.798. The fourth-order valence-corrected chi connectivity index (χ4v) is 1.91. The van der Waals surface area contributed by atoms with Gasteiger partial charge in [-0.15, -0.1) is 11.3 Å². The molecule has 2 aromatic rings. The number of thiophene rings is 1. The lowest BCUT2D eigenvalue weighted by molar-refractivity contribution is 0.0368. The molecule has 1 amide bonds. The van der Waals surface area contributed by atoms with Crippen molar-refractivity contribution in [2.24, 2.45) is 0 Å². The van der Waals surface area contributed by atoms with E-state index < -0.39 is 0 Å². The summed E-state index contributed by atoms with van der Waals surface area (Å²) in [5.74, 6) is -0.262. The number of nitrogens with zero attached hydrogens (tertiary/aromatic N) is 2. The van der Waals surface area contributed by atoms with Crippen LogP contribution < -0.4 is 5.48 Å². The average Bonchev–Trinajstić information content (AvgIpc) is 2.69. The molecule has 0 aromatic carbocycles. The van der Waals surface area contributed by atoms with E-state index in [1.807, 2.05) is 0 Å². The summed E-state index contributed by atoms with van der Waals surface area (Å²) in [5, 5.41) is 0. The highest BCUT2D eigenvalue weighted by atomic mass is 32.1.